The fourth-order valence-electron chi connectivity index (χ4n) is 4.30. The van der Waals surface area contributed by atoms with Crippen LogP contribution in [-0.4, -0.2) is 69.0 Å². The summed E-state index contributed by atoms with van der Waals surface area (Å²) in [5.41, 5.74) is 13.5. The van der Waals surface area contributed by atoms with Crippen molar-refractivity contribution < 1.29 is 24.0 Å². The molecular formula is C27H35N8O5. The number of primary amides is 1. The number of nitrogens with one attached hydrogen (secondary N) is 5. The second-order valence-corrected chi connectivity index (χ2v) is 10.0. The highest BCUT2D eigenvalue weighted by molar-refractivity contribution is 5.96. The van der Waals surface area contributed by atoms with Crippen LogP contribution in [0.4, 0.5) is 0 Å². The number of hydrogen-bond acceptors (Lipinski definition) is 7. The van der Waals surface area contributed by atoms with Gasteiger partial charge in [0.1, 0.15) is 12.1 Å². The monoisotopic (exact) mass is 551 g/mol. The number of carbonyl (C=O) groups excluding carboxylic acids is 5. The Balaban J connectivity index is 1.68. The smallest absolute Gasteiger partial charge is 0.243 e. The average molecular weight is 552 g/mol. The van der Waals surface area contributed by atoms with Crippen LogP contribution < -0.4 is 27.4 Å². The number of amides is 4. The molecule has 0 saturated heterocycles. The van der Waals surface area contributed by atoms with Crippen molar-refractivity contribution in [2.45, 2.75) is 63.7 Å². The highest BCUT2D eigenvalue weighted by Gasteiger charge is 2.31. The van der Waals surface area contributed by atoms with Crippen molar-refractivity contribution in [1.82, 2.24) is 30.9 Å². The standard InChI is InChI=1S/C27H35N8O5/c1-15(2)7-22(26(39)33-18(13-36)8-16-11-31-21-6-4-3-5-19(16)21)35-27(40)23(10-24(29)37)34-25(38)20(28)9-17-12-30-14-32-17/h3-6,11-12,14-15,18,20,22-23,31H,7-10,28H2,1-2H3,(H2,29,37)(H,30,32)(H,33,39)(H,34,38)(H,35,40)/t18-,20+,22+,23+/m1/s1. The van der Waals surface area contributed by atoms with Gasteiger partial charge in [-0.1, -0.05) is 32.0 Å². The molecule has 3 aromatic rings. The molecule has 1 aromatic carbocycles. The first kappa shape index (κ1) is 30.0. The van der Waals surface area contributed by atoms with Crippen molar-refractivity contribution in [3.8, 4) is 0 Å². The number of carbonyl (C=O) groups is 4. The van der Waals surface area contributed by atoms with E-state index < -0.39 is 54.2 Å². The quantitative estimate of drug-likeness (QED) is 0.131. The van der Waals surface area contributed by atoms with Gasteiger partial charge in [-0.2, -0.15) is 0 Å². The van der Waals surface area contributed by atoms with E-state index in [0.717, 1.165) is 16.5 Å². The van der Waals surface area contributed by atoms with E-state index in [9.17, 15) is 24.0 Å². The number of aromatic nitrogens is 3. The minimum atomic E-state index is -1.36. The van der Waals surface area contributed by atoms with Crippen molar-refractivity contribution in [2.24, 2.45) is 17.4 Å². The SMILES string of the molecule is CC(C)C[C@H](NC(=O)[C@H](CC(N)=O)NC(=O)[C@@H](N)Cc1c[nH]cn1)C(=O)N[C@@H]([C]=O)Cc1c[nH]c2ccccc12. The predicted octanol–water partition coefficient (Wildman–Crippen LogP) is -0.511. The van der Waals surface area contributed by atoms with E-state index in [1.165, 1.54) is 6.33 Å². The number of imidazole rings is 1. The maximum Gasteiger partial charge on any atom is 0.243 e. The zero-order valence-electron chi connectivity index (χ0n) is 22.4. The summed E-state index contributed by atoms with van der Waals surface area (Å²) in [5, 5.41) is 8.60. The normalized spacial score (nSPS) is 14.2. The zero-order chi connectivity index (χ0) is 29.2. The molecular weight excluding hydrogens is 516 g/mol. The first-order valence-electron chi connectivity index (χ1n) is 12.9. The number of nitrogens with zero attached hydrogens (tertiary/aromatic N) is 1. The van der Waals surface area contributed by atoms with Crippen LogP contribution in [0.2, 0.25) is 0 Å². The van der Waals surface area contributed by atoms with Gasteiger partial charge in [-0.25, -0.2) is 4.98 Å². The molecule has 13 heteroatoms. The molecule has 2 aromatic heterocycles. The molecule has 2 heterocycles. The van der Waals surface area contributed by atoms with Gasteiger partial charge in [-0.3, -0.25) is 24.0 Å². The van der Waals surface area contributed by atoms with E-state index in [4.69, 9.17) is 11.5 Å². The van der Waals surface area contributed by atoms with Crippen LogP contribution in [0.25, 0.3) is 10.9 Å². The molecule has 0 spiro atoms. The Morgan fingerprint density at radius 3 is 2.33 bits per heavy atom. The minimum absolute atomic E-state index is 0.0187. The van der Waals surface area contributed by atoms with Gasteiger partial charge in [0, 0.05) is 36.1 Å². The molecule has 13 nitrogen and oxygen atoms in total. The van der Waals surface area contributed by atoms with Gasteiger partial charge in [0.25, 0.3) is 0 Å². The number of H-pyrrole nitrogens is 2. The minimum Gasteiger partial charge on any atom is -0.370 e. The number of hydrogen-bond donors (Lipinski definition) is 7. The number of nitrogens with two attached hydrogens (primary N) is 2. The second kappa shape index (κ2) is 14.0. The number of fused-ring (bicyclic) bond motifs is 1. The summed E-state index contributed by atoms with van der Waals surface area (Å²) in [5.74, 6) is -2.93. The molecule has 4 atom stereocenters. The summed E-state index contributed by atoms with van der Waals surface area (Å²) in [6.07, 6.45) is 6.65. The highest BCUT2D eigenvalue weighted by Crippen LogP contribution is 2.19. The summed E-state index contributed by atoms with van der Waals surface area (Å²) < 4.78 is 0. The van der Waals surface area contributed by atoms with E-state index >= 15 is 0 Å². The van der Waals surface area contributed by atoms with Crippen LogP contribution in [-0.2, 0) is 36.8 Å². The third kappa shape index (κ3) is 8.50. The van der Waals surface area contributed by atoms with Crippen molar-refractivity contribution in [2.75, 3.05) is 0 Å². The lowest BCUT2D eigenvalue weighted by atomic mass is 10.0. The first-order chi connectivity index (χ1) is 19.1. The van der Waals surface area contributed by atoms with Crippen LogP contribution >= 0.6 is 0 Å². The van der Waals surface area contributed by atoms with E-state index in [2.05, 4.69) is 30.9 Å². The van der Waals surface area contributed by atoms with Crippen molar-refractivity contribution in [3.05, 3.63) is 54.2 Å². The second-order valence-electron chi connectivity index (χ2n) is 10.0. The lowest BCUT2D eigenvalue weighted by Gasteiger charge is -2.25. The summed E-state index contributed by atoms with van der Waals surface area (Å²) in [6.45, 7) is 3.72. The lowest BCUT2D eigenvalue weighted by Crippen LogP contribution is -2.57. The van der Waals surface area contributed by atoms with Gasteiger partial charge in [-0.05, 0) is 24.0 Å². The van der Waals surface area contributed by atoms with Crippen molar-refractivity contribution in [1.29, 1.82) is 0 Å². The van der Waals surface area contributed by atoms with E-state index in [1.807, 2.05) is 44.4 Å². The van der Waals surface area contributed by atoms with Crippen LogP contribution in [0.3, 0.4) is 0 Å². The predicted molar refractivity (Wildman–Crippen MR) is 147 cm³/mol. The molecule has 0 aliphatic carbocycles. The Morgan fingerprint density at radius 1 is 0.975 bits per heavy atom. The molecule has 4 amide bonds. The fraction of sp³-hybridized carbons (Fsp3) is 0.407. The van der Waals surface area contributed by atoms with Gasteiger partial charge in [0.2, 0.25) is 29.9 Å². The maximum absolute atomic E-state index is 13.2. The number of para-hydroxylation sites is 1. The lowest BCUT2D eigenvalue weighted by molar-refractivity contribution is -0.134. The van der Waals surface area contributed by atoms with Crippen molar-refractivity contribution >= 4 is 40.8 Å². The molecule has 0 saturated carbocycles. The van der Waals surface area contributed by atoms with Crippen molar-refractivity contribution in [3.63, 3.8) is 0 Å². The molecule has 0 aliphatic heterocycles. The third-order valence-electron chi connectivity index (χ3n) is 6.26. The summed E-state index contributed by atoms with van der Waals surface area (Å²) in [4.78, 5) is 72.3. The Hall–Kier alpha value is -4.52. The molecule has 40 heavy (non-hydrogen) atoms. The molecule has 3 rings (SSSR count). The highest BCUT2D eigenvalue weighted by atomic mass is 16.2. The molecule has 0 fully saturated rings. The maximum atomic E-state index is 13.2. The van der Waals surface area contributed by atoms with Crippen LogP contribution in [0.5, 0.6) is 0 Å². The van der Waals surface area contributed by atoms with Gasteiger partial charge in [0.05, 0.1) is 30.5 Å². The Kier molecular flexibility index (Phi) is 10.5. The first-order valence-corrected chi connectivity index (χ1v) is 12.9. The Bertz CT molecular complexity index is 1320. The topological polar surface area (TPSA) is 218 Å². The Labute approximate surface area is 231 Å². The van der Waals surface area contributed by atoms with Gasteiger partial charge in [0.15, 0.2) is 0 Å². The summed E-state index contributed by atoms with van der Waals surface area (Å²) in [7, 11) is 0. The fourth-order valence-corrected chi connectivity index (χ4v) is 4.30. The Morgan fingerprint density at radius 2 is 1.68 bits per heavy atom. The van der Waals surface area contributed by atoms with E-state index in [1.54, 1.807) is 12.4 Å². The van der Waals surface area contributed by atoms with E-state index in [-0.39, 0.29) is 25.2 Å². The molecule has 0 aliphatic rings. The molecule has 213 valence electrons. The van der Waals surface area contributed by atoms with Crippen LogP contribution in [0, 0.1) is 5.92 Å². The zero-order valence-corrected chi connectivity index (χ0v) is 22.4. The largest absolute Gasteiger partial charge is 0.370 e. The van der Waals surface area contributed by atoms with Gasteiger partial charge < -0.3 is 37.4 Å². The van der Waals surface area contributed by atoms with Crippen LogP contribution in [0.15, 0.2) is 43.0 Å². The van der Waals surface area contributed by atoms with Gasteiger partial charge in [-0.15, -0.1) is 0 Å². The van der Waals surface area contributed by atoms with Gasteiger partial charge >= 0.3 is 0 Å². The summed E-state index contributed by atoms with van der Waals surface area (Å²) in [6, 6.07) is 3.12. The molecule has 1 radical (unpaired) electrons. The third-order valence-corrected chi connectivity index (χ3v) is 6.26. The summed E-state index contributed by atoms with van der Waals surface area (Å²) >= 11 is 0. The molecule has 9 N–H and O–H groups in total. The van der Waals surface area contributed by atoms with Crippen LogP contribution in [0.1, 0.15) is 37.9 Å². The number of rotatable bonds is 15. The molecule has 0 bridgehead atoms. The number of aromatic amines is 2. The van der Waals surface area contributed by atoms with E-state index in [0.29, 0.717) is 5.69 Å². The average Bonchev–Trinajstić information content (AvgIpc) is 3.56. The molecule has 0 unspecified atom stereocenters. The number of benzene rings is 1.